The van der Waals surface area contributed by atoms with Gasteiger partial charge < -0.3 is 20.2 Å². The lowest BCUT2D eigenvalue weighted by molar-refractivity contribution is 0.0697. The fourth-order valence-electron chi connectivity index (χ4n) is 3.17. The number of benzene rings is 1. The van der Waals surface area contributed by atoms with Crippen LogP contribution in [0.2, 0.25) is 0 Å². The molecule has 1 saturated heterocycles. The van der Waals surface area contributed by atoms with Crippen molar-refractivity contribution in [2.24, 2.45) is 0 Å². The number of carbonyl (C=O) groups excluding carboxylic acids is 1. The molecule has 8 nitrogen and oxygen atoms in total. The van der Waals surface area contributed by atoms with Gasteiger partial charge in [-0.2, -0.15) is 0 Å². The van der Waals surface area contributed by atoms with Gasteiger partial charge in [0, 0.05) is 45.1 Å². The molecule has 1 aliphatic heterocycles. The number of hydrogen-bond acceptors (Lipinski definition) is 5. The van der Waals surface area contributed by atoms with E-state index in [1.807, 2.05) is 7.05 Å². The third-order valence-corrected chi connectivity index (χ3v) is 4.85. The molecule has 0 atom stereocenters. The van der Waals surface area contributed by atoms with Crippen molar-refractivity contribution >= 4 is 17.8 Å². The minimum absolute atomic E-state index is 0.129. The highest BCUT2D eigenvalue weighted by atomic mass is 16.4. The first-order valence-corrected chi connectivity index (χ1v) is 8.88. The van der Waals surface area contributed by atoms with Gasteiger partial charge in [-0.1, -0.05) is 12.1 Å². The maximum Gasteiger partial charge on any atom is 0.335 e. The lowest BCUT2D eigenvalue weighted by Gasteiger charge is -2.37. The number of anilines is 1. The molecule has 1 aromatic carbocycles. The number of urea groups is 1. The Morgan fingerprint density at radius 2 is 1.93 bits per heavy atom. The van der Waals surface area contributed by atoms with E-state index >= 15 is 0 Å². The van der Waals surface area contributed by atoms with Gasteiger partial charge in [0.25, 0.3) is 0 Å². The van der Waals surface area contributed by atoms with E-state index in [-0.39, 0.29) is 17.6 Å². The Labute approximate surface area is 157 Å². The summed E-state index contributed by atoms with van der Waals surface area (Å²) in [6, 6.07) is 6.54. The van der Waals surface area contributed by atoms with Crippen molar-refractivity contribution in [1.29, 1.82) is 0 Å². The van der Waals surface area contributed by atoms with Crippen molar-refractivity contribution in [3.8, 4) is 0 Å². The summed E-state index contributed by atoms with van der Waals surface area (Å²) in [5.41, 5.74) is 1.09. The summed E-state index contributed by atoms with van der Waals surface area (Å²) in [5, 5.41) is 11.8. The summed E-state index contributed by atoms with van der Waals surface area (Å²) in [6.07, 6.45) is 6.83. The number of rotatable bonds is 5. The lowest BCUT2D eigenvalue weighted by Crippen LogP contribution is -2.48. The predicted octanol–water partition coefficient (Wildman–Crippen LogP) is 1.99. The number of carboxylic acids is 1. The average Bonchev–Trinajstić information content (AvgIpc) is 2.72. The second-order valence-electron chi connectivity index (χ2n) is 6.55. The zero-order valence-electron chi connectivity index (χ0n) is 15.2. The van der Waals surface area contributed by atoms with Crippen molar-refractivity contribution in [3.05, 3.63) is 54.0 Å². The van der Waals surface area contributed by atoms with Crippen molar-refractivity contribution in [1.82, 2.24) is 20.2 Å². The molecular weight excluding hydrogens is 346 g/mol. The molecule has 1 aliphatic rings. The molecule has 0 bridgehead atoms. The van der Waals surface area contributed by atoms with Gasteiger partial charge in [-0.15, -0.1) is 0 Å². The van der Waals surface area contributed by atoms with Gasteiger partial charge in [0.15, 0.2) is 0 Å². The van der Waals surface area contributed by atoms with Crippen molar-refractivity contribution in [2.75, 3.05) is 25.0 Å². The van der Waals surface area contributed by atoms with E-state index in [9.17, 15) is 9.59 Å². The highest BCUT2D eigenvalue weighted by Gasteiger charge is 2.25. The second kappa shape index (κ2) is 8.48. The van der Waals surface area contributed by atoms with Crippen LogP contribution in [0.25, 0.3) is 0 Å². The Kier molecular flexibility index (Phi) is 5.85. The number of nitrogens with zero attached hydrogens (tertiary/aromatic N) is 4. The van der Waals surface area contributed by atoms with Gasteiger partial charge in [0.2, 0.25) is 0 Å². The van der Waals surface area contributed by atoms with E-state index in [0.29, 0.717) is 6.54 Å². The number of aromatic carboxylic acids is 1. The summed E-state index contributed by atoms with van der Waals surface area (Å²) in [7, 11) is 1.81. The van der Waals surface area contributed by atoms with Crippen LogP contribution in [0.5, 0.6) is 0 Å². The smallest absolute Gasteiger partial charge is 0.335 e. The highest BCUT2D eigenvalue weighted by Crippen LogP contribution is 2.19. The Bertz CT molecular complexity index is 774. The number of piperidine rings is 1. The molecule has 3 rings (SSSR count). The van der Waals surface area contributed by atoms with Crippen LogP contribution in [0.15, 0.2) is 42.9 Å². The number of carbonyl (C=O) groups is 2. The SMILES string of the molecule is CN(C(=O)NCc1ccc(C(=O)O)cc1)C1CCN(c2cnccn2)CC1. The van der Waals surface area contributed by atoms with Crippen LogP contribution in [0.3, 0.4) is 0 Å². The van der Waals surface area contributed by atoms with Crippen LogP contribution < -0.4 is 10.2 Å². The molecule has 1 fully saturated rings. The minimum atomic E-state index is -0.960. The largest absolute Gasteiger partial charge is 0.478 e. The van der Waals surface area contributed by atoms with Gasteiger partial charge in [-0.25, -0.2) is 14.6 Å². The molecule has 27 heavy (non-hydrogen) atoms. The first-order valence-electron chi connectivity index (χ1n) is 8.88. The Hall–Kier alpha value is -3.16. The van der Waals surface area contributed by atoms with E-state index in [4.69, 9.17) is 5.11 Å². The number of carboxylic acid groups (broad SMARTS) is 1. The van der Waals surface area contributed by atoms with E-state index in [1.165, 1.54) is 12.1 Å². The first-order chi connectivity index (χ1) is 13.0. The van der Waals surface area contributed by atoms with Crippen molar-refractivity contribution < 1.29 is 14.7 Å². The lowest BCUT2D eigenvalue weighted by atomic mass is 10.0. The molecule has 142 valence electrons. The Morgan fingerprint density at radius 1 is 1.22 bits per heavy atom. The monoisotopic (exact) mass is 369 g/mol. The minimum Gasteiger partial charge on any atom is -0.478 e. The fraction of sp³-hybridized carbons (Fsp3) is 0.368. The standard InChI is InChI=1S/C19H23N5O3/c1-23(16-6-10-24(11-7-16)17-13-20-8-9-21-17)19(27)22-12-14-2-4-15(5-3-14)18(25)26/h2-5,8-9,13,16H,6-7,10-12H2,1H3,(H,22,27)(H,25,26). The van der Waals surface area contributed by atoms with E-state index in [0.717, 1.165) is 37.3 Å². The molecule has 2 amide bonds. The molecule has 0 radical (unpaired) electrons. The van der Waals surface area contributed by atoms with Crippen LogP contribution in [0, 0.1) is 0 Å². The van der Waals surface area contributed by atoms with E-state index in [2.05, 4.69) is 20.2 Å². The maximum atomic E-state index is 12.4. The third-order valence-electron chi connectivity index (χ3n) is 4.85. The van der Waals surface area contributed by atoms with Crippen molar-refractivity contribution in [2.45, 2.75) is 25.4 Å². The second-order valence-corrected chi connectivity index (χ2v) is 6.55. The maximum absolute atomic E-state index is 12.4. The molecule has 0 aliphatic carbocycles. The number of nitrogens with one attached hydrogen (secondary N) is 1. The molecule has 2 aromatic rings. The quantitative estimate of drug-likeness (QED) is 0.836. The van der Waals surface area contributed by atoms with Gasteiger partial charge in [-0.05, 0) is 30.5 Å². The summed E-state index contributed by atoms with van der Waals surface area (Å²) in [6.45, 7) is 2.02. The van der Waals surface area contributed by atoms with E-state index in [1.54, 1.807) is 35.6 Å². The molecule has 2 heterocycles. The van der Waals surface area contributed by atoms with Crippen LogP contribution in [0.4, 0.5) is 10.6 Å². The zero-order valence-corrected chi connectivity index (χ0v) is 15.2. The Balaban J connectivity index is 1.47. The van der Waals surface area contributed by atoms with Crippen LogP contribution >= 0.6 is 0 Å². The highest BCUT2D eigenvalue weighted by molar-refractivity contribution is 5.87. The first kappa shape index (κ1) is 18.6. The van der Waals surface area contributed by atoms with Crippen LogP contribution in [-0.2, 0) is 6.54 Å². The topological polar surface area (TPSA) is 98.7 Å². The number of amides is 2. The summed E-state index contributed by atoms with van der Waals surface area (Å²) < 4.78 is 0. The normalized spacial score (nSPS) is 14.6. The molecule has 1 aromatic heterocycles. The fourth-order valence-corrected chi connectivity index (χ4v) is 3.17. The molecular formula is C19H23N5O3. The van der Waals surface area contributed by atoms with Gasteiger partial charge in [-0.3, -0.25) is 4.98 Å². The zero-order chi connectivity index (χ0) is 19.2. The molecule has 0 saturated carbocycles. The number of hydrogen-bond donors (Lipinski definition) is 2. The molecule has 2 N–H and O–H groups in total. The van der Waals surface area contributed by atoms with E-state index < -0.39 is 5.97 Å². The van der Waals surface area contributed by atoms with Crippen LogP contribution in [0.1, 0.15) is 28.8 Å². The van der Waals surface area contributed by atoms with Crippen LogP contribution in [-0.4, -0.2) is 58.2 Å². The van der Waals surface area contributed by atoms with Gasteiger partial charge in [0.05, 0.1) is 11.8 Å². The Morgan fingerprint density at radius 3 is 2.52 bits per heavy atom. The molecule has 0 unspecified atom stereocenters. The summed E-state index contributed by atoms with van der Waals surface area (Å²) >= 11 is 0. The molecule has 0 spiro atoms. The van der Waals surface area contributed by atoms with Crippen molar-refractivity contribution in [3.63, 3.8) is 0 Å². The molecule has 8 heteroatoms. The average molecular weight is 369 g/mol. The third kappa shape index (κ3) is 4.72. The summed E-state index contributed by atoms with van der Waals surface area (Å²) in [4.78, 5) is 35.6. The number of aromatic nitrogens is 2. The van der Waals surface area contributed by atoms with Gasteiger partial charge >= 0.3 is 12.0 Å². The van der Waals surface area contributed by atoms with Gasteiger partial charge in [0.1, 0.15) is 5.82 Å². The summed E-state index contributed by atoms with van der Waals surface area (Å²) in [5.74, 6) is -0.0917. The predicted molar refractivity (Wildman–Crippen MR) is 101 cm³/mol.